The number of unbranched alkanes of at least 4 members (excludes halogenated alkanes) is 3. The van der Waals surface area contributed by atoms with Crippen molar-refractivity contribution >= 4 is 29.4 Å². The number of carbonyl (C=O) groups excluding carboxylic acids is 4. The predicted molar refractivity (Wildman–Crippen MR) is 191 cm³/mol. The number of hydrogen-bond donors (Lipinski definition) is 2. The molecule has 10 heteroatoms. The van der Waals surface area contributed by atoms with Gasteiger partial charge in [-0.15, -0.1) is 13.2 Å². The highest BCUT2D eigenvalue weighted by molar-refractivity contribution is 6.05. The van der Waals surface area contributed by atoms with Crippen LogP contribution in [0.3, 0.4) is 0 Å². The van der Waals surface area contributed by atoms with Gasteiger partial charge in [0.15, 0.2) is 0 Å². The number of anilines is 1. The summed E-state index contributed by atoms with van der Waals surface area (Å²) in [6.07, 6.45) is 7.39. The number of ether oxygens (including phenoxy) is 2. The topological polar surface area (TPSA) is 125 Å². The summed E-state index contributed by atoms with van der Waals surface area (Å²) in [5.41, 5.74) is 2.27. The fraction of sp³-hybridized carbons (Fsp3) is 0.500. The minimum atomic E-state index is -1.16. The molecule has 0 unspecified atom stereocenters. The lowest BCUT2D eigenvalue weighted by Gasteiger charge is -2.37. The molecule has 2 aromatic carbocycles. The van der Waals surface area contributed by atoms with Crippen molar-refractivity contribution in [2.24, 2.45) is 11.8 Å². The molecule has 268 valence electrons. The monoisotopic (exact) mass is 685 g/mol. The van der Waals surface area contributed by atoms with Crippen LogP contribution < -0.4 is 10.2 Å². The Bertz CT molecular complexity index is 1560. The number of carbonyl (C=O) groups is 4. The zero-order chi connectivity index (χ0) is 35.8. The first kappa shape index (κ1) is 37.0. The number of aliphatic hydroxyl groups excluding tert-OH is 1. The molecule has 3 heterocycles. The van der Waals surface area contributed by atoms with Gasteiger partial charge in [0.25, 0.3) is 5.91 Å². The number of rotatable bonds is 18. The van der Waals surface area contributed by atoms with Gasteiger partial charge in [-0.2, -0.15) is 0 Å². The lowest BCUT2D eigenvalue weighted by Crippen LogP contribution is -2.56. The summed E-state index contributed by atoms with van der Waals surface area (Å²) in [5, 5.41) is 12.4. The van der Waals surface area contributed by atoms with Crippen LogP contribution >= 0.6 is 0 Å². The summed E-state index contributed by atoms with van der Waals surface area (Å²) in [6, 6.07) is 13.7. The molecule has 2 aromatic rings. The van der Waals surface area contributed by atoms with Crippen molar-refractivity contribution in [3.63, 3.8) is 0 Å². The molecule has 2 bridgehead atoms. The first-order valence-electron chi connectivity index (χ1n) is 17.9. The van der Waals surface area contributed by atoms with E-state index in [1.807, 2.05) is 62.4 Å². The molecular weight excluding hydrogens is 634 g/mol. The molecule has 0 aromatic heterocycles. The zero-order valence-electron chi connectivity index (χ0n) is 29.4. The molecular formula is C40H51N3O7. The number of fused-ring (bicyclic) bond motifs is 1. The van der Waals surface area contributed by atoms with Gasteiger partial charge in [-0.3, -0.25) is 19.2 Å². The average molecular weight is 686 g/mol. The fourth-order valence-electron chi connectivity index (χ4n) is 7.96. The summed E-state index contributed by atoms with van der Waals surface area (Å²) >= 11 is 0. The Morgan fingerprint density at radius 1 is 1.10 bits per heavy atom. The molecule has 50 heavy (non-hydrogen) atoms. The van der Waals surface area contributed by atoms with E-state index < -0.39 is 41.6 Å². The lowest BCUT2D eigenvalue weighted by molar-refractivity contribution is -0.146. The number of aryl methyl sites for hydroxylation is 2. The molecule has 6 atom stereocenters. The molecule has 1 spiro atoms. The Balaban J connectivity index is 1.46. The first-order valence-corrected chi connectivity index (χ1v) is 17.9. The molecule has 3 amide bonds. The Morgan fingerprint density at radius 2 is 1.86 bits per heavy atom. The van der Waals surface area contributed by atoms with E-state index in [4.69, 9.17) is 9.47 Å². The minimum absolute atomic E-state index is 0.0683. The van der Waals surface area contributed by atoms with Crippen molar-refractivity contribution in [1.82, 2.24) is 10.2 Å². The number of nitrogens with one attached hydrogen (secondary N) is 1. The highest BCUT2D eigenvalue weighted by Crippen LogP contribution is 2.59. The summed E-state index contributed by atoms with van der Waals surface area (Å²) in [7, 11) is 0. The molecule has 3 aliphatic heterocycles. The number of aliphatic hydroxyl groups is 1. The van der Waals surface area contributed by atoms with Crippen molar-refractivity contribution in [3.05, 3.63) is 90.5 Å². The SMILES string of the molecule is C=CCCC(=O)OC[C@@H](NC(=O)[C@@H]1[C@@H]2CC[C@]3(O2)[C@H](C(=O)N(CC=C)c2cc(C)ccc2C)N(CCCCCCO)C(=O)[C@@H]13)c1ccccc1. The Morgan fingerprint density at radius 3 is 2.58 bits per heavy atom. The largest absolute Gasteiger partial charge is 0.463 e. The number of benzene rings is 2. The van der Waals surface area contributed by atoms with Crippen LogP contribution in [0.1, 0.15) is 74.1 Å². The van der Waals surface area contributed by atoms with Gasteiger partial charge in [0.2, 0.25) is 11.8 Å². The second-order valence-electron chi connectivity index (χ2n) is 13.7. The van der Waals surface area contributed by atoms with Gasteiger partial charge in [-0.05, 0) is 68.7 Å². The zero-order valence-corrected chi connectivity index (χ0v) is 29.4. The molecule has 3 aliphatic rings. The Hall–Kier alpha value is -4.28. The van der Waals surface area contributed by atoms with E-state index in [0.717, 1.165) is 35.2 Å². The molecule has 0 radical (unpaired) electrons. The normalized spacial score (nSPS) is 24.1. The van der Waals surface area contributed by atoms with Crippen molar-refractivity contribution < 1.29 is 33.8 Å². The standard InChI is InChI=1S/C40H51N3O7/c1-5-7-17-33(45)49-26-30(29-15-11-10-12-16-29)41-37(46)34-32-20-21-40(50-32)35(34)38(47)43(23-13-8-9-14-24-44)36(40)39(48)42(22-6-2)31-25-27(3)18-19-28(31)4/h5-6,10-12,15-16,18-19,25,30,32,34-36,44H,1-2,7-9,13-14,17,20-24,26H2,3-4H3,(H,41,46)/t30-,32+,34-,35-,36+,40-/m1/s1. The number of allylic oxidation sites excluding steroid dienone is 1. The van der Waals surface area contributed by atoms with E-state index in [0.29, 0.717) is 38.6 Å². The highest BCUT2D eigenvalue weighted by Gasteiger charge is 2.74. The maximum absolute atomic E-state index is 14.9. The third kappa shape index (κ3) is 7.56. The van der Waals surface area contributed by atoms with E-state index in [1.165, 1.54) is 0 Å². The third-order valence-electron chi connectivity index (χ3n) is 10.4. The van der Waals surface area contributed by atoms with E-state index in [-0.39, 0.29) is 43.9 Å². The smallest absolute Gasteiger partial charge is 0.306 e. The van der Waals surface area contributed by atoms with Gasteiger partial charge >= 0.3 is 5.97 Å². The van der Waals surface area contributed by atoms with E-state index >= 15 is 0 Å². The Labute approximate surface area is 295 Å². The first-order chi connectivity index (χ1) is 24.2. The average Bonchev–Trinajstić information content (AvgIpc) is 3.76. The van der Waals surface area contributed by atoms with Gasteiger partial charge < -0.3 is 29.7 Å². The number of esters is 1. The van der Waals surface area contributed by atoms with Crippen LogP contribution in [-0.4, -0.2) is 77.7 Å². The maximum atomic E-state index is 14.9. The van der Waals surface area contributed by atoms with Crippen LogP contribution in [-0.2, 0) is 28.7 Å². The van der Waals surface area contributed by atoms with Gasteiger partial charge in [-0.1, -0.05) is 67.5 Å². The summed E-state index contributed by atoms with van der Waals surface area (Å²) in [4.78, 5) is 59.6. The molecule has 5 rings (SSSR count). The van der Waals surface area contributed by atoms with Crippen LogP contribution in [0.25, 0.3) is 0 Å². The van der Waals surface area contributed by atoms with E-state index in [1.54, 1.807) is 22.0 Å². The number of hydrogen-bond acceptors (Lipinski definition) is 7. The second kappa shape index (κ2) is 16.6. The molecule has 10 nitrogen and oxygen atoms in total. The van der Waals surface area contributed by atoms with Gasteiger partial charge in [-0.25, -0.2) is 0 Å². The summed E-state index contributed by atoms with van der Waals surface area (Å²) in [6.45, 7) is 12.1. The van der Waals surface area contributed by atoms with Gasteiger partial charge in [0.05, 0.1) is 24.0 Å². The van der Waals surface area contributed by atoms with E-state index in [9.17, 15) is 24.3 Å². The molecule has 0 saturated carbocycles. The van der Waals surface area contributed by atoms with Crippen LogP contribution in [0.5, 0.6) is 0 Å². The molecule has 2 N–H and O–H groups in total. The van der Waals surface area contributed by atoms with Crippen LogP contribution in [0.2, 0.25) is 0 Å². The maximum Gasteiger partial charge on any atom is 0.306 e. The van der Waals surface area contributed by atoms with Gasteiger partial charge in [0.1, 0.15) is 18.2 Å². The van der Waals surface area contributed by atoms with Crippen LogP contribution in [0, 0.1) is 25.7 Å². The van der Waals surface area contributed by atoms with Crippen molar-refractivity contribution in [2.45, 2.75) is 89.0 Å². The number of nitrogens with zero attached hydrogens (tertiary/aromatic N) is 2. The fourth-order valence-corrected chi connectivity index (χ4v) is 7.96. The second-order valence-corrected chi connectivity index (χ2v) is 13.7. The number of likely N-dealkylation sites (tertiary alicyclic amines) is 1. The summed E-state index contributed by atoms with van der Waals surface area (Å²) < 4.78 is 12.3. The van der Waals surface area contributed by atoms with E-state index in [2.05, 4.69) is 18.5 Å². The third-order valence-corrected chi connectivity index (χ3v) is 10.4. The molecule has 3 fully saturated rings. The van der Waals surface area contributed by atoms with Crippen molar-refractivity contribution in [3.8, 4) is 0 Å². The Kier molecular flexibility index (Phi) is 12.3. The lowest BCUT2D eigenvalue weighted by atomic mass is 9.70. The molecule has 0 aliphatic carbocycles. The van der Waals surface area contributed by atoms with Crippen molar-refractivity contribution in [2.75, 3.05) is 31.2 Å². The van der Waals surface area contributed by atoms with Crippen LogP contribution in [0.4, 0.5) is 5.69 Å². The predicted octanol–water partition coefficient (Wildman–Crippen LogP) is 5.12. The highest BCUT2D eigenvalue weighted by atomic mass is 16.5. The number of amides is 3. The van der Waals surface area contributed by atoms with Crippen LogP contribution in [0.15, 0.2) is 73.8 Å². The quantitative estimate of drug-likeness (QED) is 0.127. The van der Waals surface area contributed by atoms with Crippen molar-refractivity contribution in [1.29, 1.82) is 0 Å². The van der Waals surface area contributed by atoms with Gasteiger partial charge in [0, 0.05) is 31.8 Å². The molecule has 3 saturated heterocycles. The summed E-state index contributed by atoms with van der Waals surface area (Å²) in [5.74, 6) is -2.92. The minimum Gasteiger partial charge on any atom is -0.463 e.